The van der Waals surface area contributed by atoms with Crippen LogP contribution < -0.4 is 24.4 Å². The predicted octanol–water partition coefficient (Wildman–Crippen LogP) is 3.68. The number of rotatable bonds is 8. The molecular formula is C28H28N2O5S. The Morgan fingerprint density at radius 1 is 1.17 bits per heavy atom. The zero-order valence-electron chi connectivity index (χ0n) is 20.7. The van der Waals surface area contributed by atoms with Crippen molar-refractivity contribution in [3.63, 3.8) is 0 Å². The zero-order valence-corrected chi connectivity index (χ0v) is 21.6. The van der Waals surface area contributed by atoms with E-state index in [1.807, 2.05) is 55.5 Å². The van der Waals surface area contributed by atoms with Gasteiger partial charge in [0.05, 0.1) is 35.6 Å². The Hall–Kier alpha value is -3.91. The fourth-order valence-corrected chi connectivity index (χ4v) is 5.12. The average molecular weight is 505 g/mol. The number of carbonyl (C=O) groups is 1. The molecule has 1 aliphatic heterocycles. The number of benzene rings is 2. The predicted molar refractivity (Wildman–Crippen MR) is 140 cm³/mol. The van der Waals surface area contributed by atoms with Crippen molar-refractivity contribution in [1.82, 2.24) is 4.57 Å². The summed E-state index contributed by atoms with van der Waals surface area (Å²) in [5.41, 5.74) is 3.29. The number of hydrogen-bond donors (Lipinski definition) is 0. The third-order valence-corrected chi connectivity index (χ3v) is 6.83. The molecule has 0 spiro atoms. The normalized spacial score (nSPS) is 15.2. The van der Waals surface area contributed by atoms with Gasteiger partial charge in [0.15, 0.2) is 4.80 Å². The monoisotopic (exact) mass is 504 g/mol. The van der Waals surface area contributed by atoms with Gasteiger partial charge in [0.2, 0.25) is 0 Å². The molecule has 2 aromatic carbocycles. The minimum absolute atomic E-state index is 0.220. The van der Waals surface area contributed by atoms with E-state index in [4.69, 9.17) is 14.2 Å². The highest BCUT2D eigenvalue weighted by molar-refractivity contribution is 7.07. The smallest absolute Gasteiger partial charge is 0.338 e. The van der Waals surface area contributed by atoms with Gasteiger partial charge in [-0.15, -0.1) is 0 Å². The second kappa shape index (κ2) is 10.8. The van der Waals surface area contributed by atoms with E-state index in [1.165, 1.54) is 11.3 Å². The summed E-state index contributed by atoms with van der Waals surface area (Å²) in [7, 11) is 1.62. The summed E-state index contributed by atoms with van der Waals surface area (Å²) in [4.78, 5) is 31.9. The number of allylic oxidation sites excluding steroid dienone is 1. The van der Waals surface area contributed by atoms with Gasteiger partial charge < -0.3 is 14.2 Å². The molecule has 7 nitrogen and oxygen atoms in total. The lowest BCUT2D eigenvalue weighted by Crippen LogP contribution is -2.39. The lowest BCUT2D eigenvalue weighted by atomic mass is 9.96. The molecular weight excluding hydrogens is 476 g/mol. The molecule has 0 aliphatic carbocycles. The highest BCUT2D eigenvalue weighted by atomic mass is 32.1. The molecule has 1 aliphatic rings. The molecule has 3 aromatic rings. The highest BCUT2D eigenvalue weighted by Crippen LogP contribution is 2.31. The molecule has 1 atom stereocenters. The molecule has 186 valence electrons. The number of aryl methyl sites for hydroxylation is 1. The van der Waals surface area contributed by atoms with Gasteiger partial charge >= 0.3 is 5.97 Å². The number of hydrogen-bond acceptors (Lipinski definition) is 7. The van der Waals surface area contributed by atoms with Gasteiger partial charge in [0.1, 0.15) is 18.1 Å². The van der Waals surface area contributed by atoms with E-state index >= 15 is 0 Å². The molecule has 0 fully saturated rings. The first kappa shape index (κ1) is 25.2. The van der Waals surface area contributed by atoms with Crippen molar-refractivity contribution < 1.29 is 19.0 Å². The van der Waals surface area contributed by atoms with E-state index in [0.717, 1.165) is 22.4 Å². The Morgan fingerprint density at radius 3 is 2.53 bits per heavy atom. The van der Waals surface area contributed by atoms with Crippen LogP contribution in [-0.4, -0.2) is 30.9 Å². The number of fused-ring (bicyclic) bond motifs is 1. The Morgan fingerprint density at radius 2 is 1.89 bits per heavy atom. The SMILES string of the molecule is C=CCOc1ccc(C2C(C(=O)OCC)=C(C)N=c3s/c(=C/c4ccc(OC)cc4C)c(=O)n32)cc1. The first-order valence-electron chi connectivity index (χ1n) is 11.6. The van der Waals surface area contributed by atoms with Crippen molar-refractivity contribution >= 4 is 23.4 Å². The summed E-state index contributed by atoms with van der Waals surface area (Å²) in [6.45, 7) is 9.75. The van der Waals surface area contributed by atoms with Crippen LogP contribution >= 0.6 is 11.3 Å². The van der Waals surface area contributed by atoms with Crippen LogP contribution in [0, 0.1) is 6.92 Å². The number of aromatic nitrogens is 1. The van der Waals surface area contributed by atoms with Crippen molar-refractivity contribution in [1.29, 1.82) is 0 Å². The molecule has 0 saturated carbocycles. The maximum Gasteiger partial charge on any atom is 0.338 e. The molecule has 0 saturated heterocycles. The van der Waals surface area contributed by atoms with Crippen molar-refractivity contribution in [2.75, 3.05) is 20.3 Å². The number of esters is 1. The quantitative estimate of drug-likeness (QED) is 0.345. The van der Waals surface area contributed by atoms with Crippen molar-refractivity contribution in [3.05, 3.63) is 103 Å². The third-order valence-electron chi connectivity index (χ3n) is 5.84. The van der Waals surface area contributed by atoms with Crippen LogP contribution in [0.4, 0.5) is 0 Å². The number of nitrogens with zero attached hydrogens (tertiary/aromatic N) is 2. The number of methoxy groups -OCH3 is 1. The molecule has 2 heterocycles. The lowest BCUT2D eigenvalue weighted by molar-refractivity contribution is -0.139. The standard InChI is InChI=1S/C28H28N2O5S/c1-6-14-35-21-11-8-19(9-12-21)25-24(27(32)34-7-2)18(4)29-28-30(25)26(31)23(36-28)16-20-10-13-22(33-5)15-17(20)3/h6,8-13,15-16,25H,1,7,14H2,2-5H3/b23-16+. The van der Waals surface area contributed by atoms with Crippen LogP contribution in [0.3, 0.4) is 0 Å². The van der Waals surface area contributed by atoms with Crippen LogP contribution in [0.5, 0.6) is 11.5 Å². The van der Waals surface area contributed by atoms with Gasteiger partial charge in [-0.2, -0.15) is 0 Å². The molecule has 4 rings (SSSR count). The summed E-state index contributed by atoms with van der Waals surface area (Å²) in [5.74, 6) is 0.928. The number of thiazole rings is 1. The molecule has 0 radical (unpaired) electrons. The van der Waals surface area contributed by atoms with Gasteiger partial charge in [-0.25, -0.2) is 9.79 Å². The van der Waals surface area contributed by atoms with E-state index < -0.39 is 12.0 Å². The third kappa shape index (κ3) is 4.90. The minimum atomic E-state index is -0.673. The van der Waals surface area contributed by atoms with Crippen LogP contribution in [-0.2, 0) is 9.53 Å². The summed E-state index contributed by atoms with van der Waals surface area (Å²) in [6.07, 6.45) is 3.52. The summed E-state index contributed by atoms with van der Waals surface area (Å²) in [6, 6.07) is 12.4. The van der Waals surface area contributed by atoms with Gasteiger partial charge in [0.25, 0.3) is 5.56 Å². The van der Waals surface area contributed by atoms with Gasteiger partial charge in [-0.3, -0.25) is 9.36 Å². The second-order valence-electron chi connectivity index (χ2n) is 8.19. The minimum Gasteiger partial charge on any atom is -0.497 e. The molecule has 1 unspecified atom stereocenters. The maximum atomic E-state index is 13.7. The second-order valence-corrected chi connectivity index (χ2v) is 9.20. The molecule has 0 N–H and O–H groups in total. The van der Waals surface area contributed by atoms with Gasteiger partial charge in [-0.05, 0) is 67.8 Å². The van der Waals surface area contributed by atoms with Crippen molar-refractivity contribution in [2.24, 2.45) is 4.99 Å². The summed E-state index contributed by atoms with van der Waals surface area (Å²) in [5, 5.41) is 0. The fraction of sp³-hybridized carbons (Fsp3) is 0.250. The van der Waals surface area contributed by atoms with E-state index in [0.29, 0.717) is 33.0 Å². The highest BCUT2D eigenvalue weighted by Gasteiger charge is 2.33. The molecule has 1 aromatic heterocycles. The number of carbonyl (C=O) groups excluding carboxylic acids is 1. The Balaban J connectivity index is 1.88. The Kier molecular flexibility index (Phi) is 7.55. The first-order chi connectivity index (χ1) is 17.4. The van der Waals surface area contributed by atoms with E-state index in [9.17, 15) is 9.59 Å². The molecule has 8 heteroatoms. The van der Waals surface area contributed by atoms with E-state index in [-0.39, 0.29) is 12.2 Å². The maximum absolute atomic E-state index is 13.7. The van der Waals surface area contributed by atoms with Crippen LogP contribution in [0.2, 0.25) is 0 Å². The van der Waals surface area contributed by atoms with Gasteiger partial charge in [-0.1, -0.05) is 42.2 Å². The van der Waals surface area contributed by atoms with Crippen LogP contribution in [0.1, 0.15) is 36.6 Å². The summed E-state index contributed by atoms with van der Waals surface area (Å²) < 4.78 is 18.3. The topological polar surface area (TPSA) is 79.1 Å². The van der Waals surface area contributed by atoms with Crippen molar-refractivity contribution in [3.8, 4) is 11.5 Å². The first-order valence-corrected chi connectivity index (χ1v) is 12.4. The largest absolute Gasteiger partial charge is 0.497 e. The Labute approximate surface area is 213 Å². The van der Waals surface area contributed by atoms with E-state index in [2.05, 4.69) is 11.6 Å². The Bertz CT molecular complexity index is 1510. The summed E-state index contributed by atoms with van der Waals surface area (Å²) >= 11 is 1.29. The van der Waals surface area contributed by atoms with Crippen LogP contribution in [0.15, 0.2) is 76.2 Å². The fourth-order valence-electron chi connectivity index (χ4n) is 4.09. The van der Waals surface area contributed by atoms with Gasteiger partial charge in [0, 0.05) is 0 Å². The lowest BCUT2D eigenvalue weighted by Gasteiger charge is -2.24. The van der Waals surface area contributed by atoms with Crippen molar-refractivity contribution in [2.45, 2.75) is 26.8 Å². The average Bonchev–Trinajstić information content (AvgIpc) is 3.17. The van der Waals surface area contributed by atoms with Crippen LogP contribution in [0.25, 0.3) is 6.08 Å². The van der Waals surface area contributed by atoms with E-state index in [1.54, 1.807) is 31.6 Å². The number of ether oxygens (including phenoxy) is 3. The molecule has 0 amide bonds. The zero-order chi connectivity index (χ0) is 25.8. The molecule has 0 bridgehead atoms. The molecule has 36 heavy (non-hydrogen) atoms.